The van der Waals surface area contributed by atoms with Crippen molar-refractivity contribution >= 4 is 29.5 Å². The lowest BCUT2D eigenvalue weighted by molar-refractivity contribution is -0.131. The van der Waals surface area contributed by atoms with E-state index in [1.165, 1.54) is 11.3 Å². The summed E-state index contributed by atoms with van der Waals surface area (Å²) in [6.07, 6.45) is 3.32. The van der Waals surface area contributed by atoms with Gasteiger partial charge in [-0.05, 0) is 19.8 Å². The van der Waals surface area contributed by atoms with Crippen LogP contribution in [-0.4, -0.2) is 47.2 Å². The van der Waals surface area contributed by atoms with Crippen molar-refractivity contribution in [3.05, 3.63) is 16.1 Å². The molecule has 0 aromatic carbocycles. The lowest BCUT2D eigenvalue weighted by Gasteiger charge is -2.19. The molecule has 1 saturated heterocycles. The van der Waals surface area contributed by atoms with E-state index in [0.717, 1.165) is 17.7 Å². The van der Waals surface area contributed by atoms with Gasteiger partial charge in [0.25, 0.3) is 0 Å². The standard InChI is InChI=1S/C14H18N2O4S/c1-2-20-14(19)11-9-21-12(15-11)4-3-7-16-10(8-17)5-6-13(16)18/h8-10H,2-7H2,1H3. The number of rotatable bonds is 7. The largest absolute Gasteiger partial charge is 0.461 e. The van der Waals surface area contributed by atoms with Crippen LogP contribution in [0.1, 0.15) is 41.7 Å². The van der Waals surface area contributed by atoms with Crippen LogP contribution in [0.3, 0.4) is 0 Å². The number of aldehydes is 1. The minimum absolute atomic E-state index is 0.0402. The minimum atomic E-state index is -0.407. The van der Waals surface area contributed by atoms with Crippen LogP contribution < -0.4 is 0 Å². The first-order valence-electron chi connectivity index (χ1n) is 7.02. The Bertz CT molecular complexity index is 529. The van der Waals surface area contributed by atoms with E-state index in [2.05, 4.69) is 4.98 Å². The molecule has 0 bridgehead atoms. The van der Waals surface area contributed by atoms with Gasteiger partial charge in [-0.15, -0.1) is 11.3 Å². The first kappa shape index (κ1) is 15.6. The van der Waals surface area contributed by atoms with Gasteiger partial charge in [-0.2, -0.15) is 0 Å². The molecule has 2 heterocycles. The highest BCUT2D eigenvalue weighted by Crippen LogP contribution is 2.18. The number of aryl methyl sites for hydroxylation is 1. The number of hydrogen-bond donors (Lipinski definition) is 0. The second kappa shape index (κ2) is 7.31. The second-order valence-electron chi connectivity index (χ2n) is 4.78. The van der Waals surface area contributed by atoms with Crippen molar-refractivity contribution in [3.63, 3.8) is 0 Å². The molecular formula is C14H18N2O4S. The van der Waals surface area contributed by atoms with E-state index >= 15 is 0 Å². The Morgan fingerprint density at radius 1 is 1.62 bits per heavy atom. The topological polar surface area (TPSA) is 76.6 Å². The van der Waals surface area contributed by atoms with Crippen LogP contribution >= 0.6 is 11.3 Å². The van der Waals surface area contributed by atoms with Crippen LogP contribution in [-0.2, 0) is 20.7 Å². The third kappa shape index (κ3) is 3.87. The zero-order chi connectivity index (χ0) is 15.2. The van der Waals surface area contributed by atoms with E-state index in [1.54, 1.807) is 17.2 Å². The number of carbonyl (C=O) groups excluding carboxylic acids is 3. The Labute approximate surface area is 127 Å². The van der Waals surface area contributed by atoms with E-state index in [9.17, 15) is 14.4 Å². The van der Waals surface area contributed by atoms with Gasteiger partial charge in [0, 0.05) is 24.8 Å². The number of likely N-dealkylation sites (tertiary alicyclic amines) is 1. The van der Waals surface area contributed by atoms with E-state index < -0.39 is 5.97 Å². The maximum atomic E-state index is 11.6. The van der Waals surface area contributed by atoms with Gasteiger partial charge in [0.1, 0.15) is 6.29 Å². The number of carbonyl (C=O) groups is 3. The van der Waals surface area contributed by atoms with Crippen molar-refractivity contribution in [3.8, 4) is 0 Å². The lowest BCUT2D eigenvalue weighted by atomic mass is 10.2. The molecule has 21 heavy (non-hydrogen) atoms. The van der Waals surface area contributed by atoms with Crippen molar-refractivity contribution in [1.82, 2.24) is 9.88 Å². The first-order chi connectivity index (χ1) is 10.2. The fourth-order valence-electron chi connectivity index (χ4n) is 2.31. The molecular weight excluding hydrogens is 292 g/mol. The van der Waals surface area contributed by atoms with Gasteiger partial charge in [-0.1, -0.05) is 0 Å². The Morgan fingerprint density at radius 3 is 3.14 bits per heavy atom. The maximum absolute atomic E-state index is 11.6. The Balaban J connectivity index is 1.82. The summed E-state index contributed by atoms with van der Waals surface area (Å²) in [5.74, 6) is -0.366. The van der Waals surface area contributed by atoms with Gasteiger partial charge in [-0.25, -0.2) is 9.78 Å². The van der Waals surface area contributed by atoms with E-state index in [0.29, 0.717) is 38.1 Å². The Hall–Kier alpha value is -1.76. The predicted octanol–water partition coefficient (Wildman–Crippen LogP) is 1.44. The number of nitrogens with zero attached hydrogens (tertiary/aromatic N) is 2. The fourth-order valence-corrected chi connectivity index (χ4v) is 3.12. The summed E-state index contributed by atoms with van der Waals surface area (Å²) in [6.45, 7) is 2.63. The number of hydrogen-bond acceptors (Lipinski definition) is 6. The molecule has 1 aromatic heterocycles. The van der Waals surface area contributed by atoms with Crippen molar-refractivity contribution in [2.75, 3.05) is 13.2 Å². The SMILES string of the molecule is CCOC(=O)c1csc(CCCN2C(=O)CCC2C=O)n1. The van der Waals surface area contributed by atoms with Crippen molar-refractivity contribution < 1.29 is 19.1 Å². The van der Waals surface area contributed by atoms with E-state index in [-0.39, 0.29) is 11.9 Å². The number of ether oxygens (including phenoxy) is 1. The molecule has 1 amide bonds. The number of aromatic nitrogens is 1. The first-order valence-corrected chi connectivity index (χ1v) is 7.90. The summed E-state index contributed by atoms with van der Waals surface area (Å²) in [5, 5.41) is 2.52. The highest BCUT2D eigenvalue weighted by atomic mass is 32.1. The lowest BCUT2D eigenvalue weighted by Crippen LogP contribution is -2.34. The van der Waals surface area contributed by atoms with E-state index in [4.69, 9.17) is 4.74 Å². The molecule has 1 aromatic rings. The molecule has 1 fully saturated rings. The summed E-state index contributed by atoms with van der Waals surface area (Å²) >= 11 is 1.41. The Kier molecular flexibility index (Phi) is 5.44. The predicted molar refractivity (Wildman–Crippen MR) is 77.2 cm³/mol. The molecule has 1 aliphatic heterocycles. The van der Waals surface area contributed by atoms with Gasteiger partial charge in [0.2, 0.25) is 5.91 Å². The van der Waals surface area contributed by atoms with Crippen LogP contribution in [0.5, 0.6) is 0 Å². The molecule has 0 aliphatic carbocycles. The van der Waals surface area contributed by atoms with Gasteiger partial charge in [0.15, 0.2) is 5.69 Å². The molecule has 1 unspecified atom stereocenters. The quantitative estimate of drug-likeness (QED) is 0.562. The van der Waals surface area contributed by atoms with Crippen LogP contribution in [0.2, 0.25) is 0 Å². The average Bonchev–Trinajstić information content (AvgIpc) is 3.07. The molecule has 7 heteroatoms. The average molecular weight is 310 g/mol. The third-order valence-electron chi connectivity index (χ3n) is 3.36. The molecule has 0 radical (unpaired) electrons. The molecule has 1 aliphatic rings. The zero-order valence-electron chi connectivity index (χ0n) is 11.9. The molecule has 6 nitrogen and oxygen atoms in total. The summed E-state index contributed by atoms with van der Waals surface area (Å²) < 4.78 is 4.88. The van der Waals surface area contributed by atoms with Gasteiger partial charge >= 0.3 is 5.97 Å². The van der Waals surface area contributed by atoms with Crippen LogP contribution in [0, 0.1) is 0 Å². The zero-order valence-corrected chi connectivity index (χ0v) is 12.7. The van der Waals surface area contributed by atoms with Crippen LogP contribution in [0.15, 0.2) is 5.38 Å². The number of thiazole rings is 1. The maximum Gasteiger partial charge on any atom is 0.357 e. The summed E-state index contributed by atoms with van der Waals surface area (Å²) in [4.78, 5) is 39.9. The van der Waals surface area contributed by atoms with Crippen LogP contribution in [0.25, 0.3) is 0 Å². The monoisotopic (exact) mass is 310 g/mol. The molecule has 0 spiro atoms. The number of esters is 1. The summed E-state index contributed by atoms with van der Waals surface area (Å²) in [7, 11) is 0. The molecule has 0 N–H and O–H groups in total. The smallest absolute Gasteiger partial charge is 0.357 e. The fraction of sp³-hybridized carbons (Fsp3) is 0.571. The molecule has 2 rings (SSSR count). The van der Waals surface area contributed by atoms with Crippen molar-refractivity contribution in [1.29, 1.82) is 0 Å². The van der Waals surface area contributed by atoms with Crippen molar-refractivity contribution in [2.45, 2.75) is 38.6 Å². The molecule has 0 saturated carbocycles. The van der Waals surface area contributed by atoms with Gasteiger partial charge < -0.3 is 14.4 Å². The minimum Gasteiger partial charge on any atom is -0.461 e. The Morgan fingerprint density at radius 2 is 2.43 bits per heavy atom. The third-order valence-corrected chi connectivity index (χ3v) is 4.27. The van der Waals surface area contributed by atoms with Crippen LogP contribution in [0.4, 0.5) is 0 Å². The molecule has 1 atom stereocenters. The second-order valence-corrected chi connectivity index (χ2v) is 5.72. The number of amides is 1. The highest BCUT2D eigenvalue weighted by molar-refractivity contribution is 7.09. The van der Waals surface area contributed by atoms with E-state index in [1.807, 2.05) is 0 Å². The molecule has 114 valence electrons. The summed E-state index contributed by atoms with van der Waals surface area (Å²) in [6, 6.07) is -0.274. The van der Waals surface area contributed by atoms with Gasteiger partial charge in [-0.3, -0.25) is 4.79 Å². The summed E-state index contributed by atoms with van der Waals surface area (Å²) in [5.41, 5.74) is 0.333. The normalized spacial score (nSPS) is 18.0. The van der Waals surface area contributed by atoms with Gasteiger partial charge in [0.05, 0.1) is 17.7 Å². The highest BCUT2D eigenvalue weighted by Gasteiger charge is 2.29. The van der Waals surface area contributed by atoms with Crippen molar-refractivity contribution in [2.24, 2.45) is 0 Å².